The fourth-order valence-corrected chi connectivity index (χ4v) is 5.47. The average molecular weight is 559 g/mol. The van der Waals surface area contributed by atoms with Gasteiger partial charge in [0.15, 0.2) is 22.3 Å². The molecule has 0 radical (unpaired) electrons. The lowest BCUT2D eigenvalue weighted by atomic mass is 9.78. The van der Waals surface area contributed by atoms with Crippen molar-refractivity contribution in [3.05, 3.63) is 81.8 Å². The molecule has 3 aromatic rings. The van der Waals surface area contributed by atoms with Gasteiger partial charge in [0.25, 0.3) is 0 Å². The quantitative estimate of drug-likeness (QED) is 0.388. The highest BCUT2D eigenvalue weighted by Gasteiger charge is 2.59. The van der Waals surface area contributed by atoms with E-state index in [0.717, 1.165) is 15.7 Å². The molecule has 6 nitrogen and oxygen atoms in total. The maximum Gasteiger partial charge on any atom is 0.236 e. The van der Waals surface area contributed by atoms with Crippen LogP contribution in [0.1, 0.15) is 18.5 Å². The Kier molecular flexibility index (Phi) is 5.91. The maximum absolute atomic E-state index is 13.8. The van der Waals surface area contributed by atoms with Crippen molar-refractivity contribution < 1.29 is 14.3 Å². The molecular weight excluding hydrogens is 538 g/mol. The molecule has 3 atom stereocenters. The van der Waals surface area contributed by atoms with Gasteiger partial charge in [-0.1, -0.05) is 39.7 Å². The number of halogens is 2. The summed E-state index contributed by atoms with van der Waals surface area (Å²) < 4.78 is 13.2. The summed E-state index contributed by atoms with van der Waals surface area (Å²) in [7, 11) is 1.60. The highest BCUT2D eigenvalue weighted by Crippen LogP contribution is 2.52. The number of amides is 1. The van der Waals surface area contributed by atoms with Gasteiger partial charge >= 0.3 is 0 Å². The third-order valence-corrected chi connectivity index (χ3v) is 7.27. The summed E-state index contributed by atoms with van der Waals surface area (Å²) in [5.74, 6) is 0.319. The zero-order valence-corrected chi connectivity index (χ0v) is 21.5. The number of carbonyl (C=O) groups excluding carboxylic acids is 1. The van der Waals surface area contributed by atoms with E-state index in [1.54, 1.807) is 31.4 Å². The van der Waals surface area contributed by atoms with Crippen molar-refractivity contribution in [3.63, 3.8) is 0 Å². The second kappa shape index (κ2) is 8.76. The maximum atomic E-state index is 13.8. The molecule has 5 rings (SSSR count). The van der Waals surface area contributed by atoms with Crippen molar-refractivity contribution in [3.8, 4) is 11.5 Å². The first-order valence-electron chi connectivity index (χ1n) is 10.6. The first-order chi connectivity index (χ1) is 16.3. The van der Waals surface area contributed by atoms with Crippen LogP contribution < -0.4 is 25.0 Å². The van der Waals surface area contributed by atoms with E-state index >= 15 is 0 Å². The first-order valence-corrected chi connectivity index (χ1v) is 12.2. The van der Waals surface area contributed by atoms with E-state index in [2.05, 4.69) is 26.6 Å². The summed E-state index contributed by atoms with van der Waals surface area (Å²) in [4.78, 5) is 15.7. The summed E-state index contributed by atoms with van der Waals surface area (Å²) in [5, 5.41) is 7.49. The summed E-state index contributed by atoms with van der Waals surface area (Å²) in [6.07, 6.45) is 0. The van der Waals surface area contributed by atoms with Crippen LogP contribution in [0.4, 0.5) is 11.4 Å². The number of nitrogens with one attached hydrogen (secondary N) is 2. The molecule has 2 N–H and O–H groups in total. The monoisotopic (exact) mass is 557 g/mol. The van der Waals surface area contributed by atoms with Crippen molar-refractivity contribution in [2.45, 2.75) is 18.7 Å². The predicted molar refractivity (Wildman–Crippen MR) is 141 cm³/mol. The molecule has 0 saturated carbocycles. The molecule has 174 valence electrons. The number of carbonyl (C=O) groups is 1. The van der Waals surface area contributed by atoms with Gasteiger partial charge < -0.3 is 20.1 Å². The fourth-order valence-electron chi connectivity index (χ4n) is 4.66. The van der Waals surface area contributed by atoms with E-state index in [-0.39, 0.29) is 5.91 Å². The number of fused-ring (bicyclic) bond motifs is 4. The molecule has 0 spiro atoms. The summed E-state index contributed by atoms with van der Waals surface area (Å²) >= 11 is 15.3. The van der Waals surface area contributed by atoms with Gasteiger partial charge in [0.2, 0.25) is 5.91 Å². The van der Waals surface area contributed by atoms with Crippen LogP contribution in [-0.4, -0.2) is 23.9 Å². The van der Waals surface area contributed by atoms with Crippen LogP contribution in [0.5, 0.6) is 11.5 Å². The van der Waals surface area contributed by atoms with Crippen molar-refractivity contribution in [2.75, 3.05) is 17.3 Å². The molecule has 0 unspecified atom stereocenters. The normalized spacial score (nSPS) is 22.8. The smallest absolute Gasteiger partial charge is 0.236 e. The van der Waals surface area contributed by atoms with E-state index in [9.17, 15) is 4.79 Å². The van der Waals surface area contributed by atoms with Gasteiger partial charge in [-0.05, 0) is 73.7 Å². The summed E-state index contributed by atoms with van der Waals surface area (Å²) in [6, 6.07) is 19.9. The second-order valence-corrected chi connectivity index (χ2v) is 9.99. The highest BCUT2D eigenvalue weighted by atomic mass is 79.9. The van der Waals surface area contributed by atoms with Gasteiger partial charge in [0, 0.05) is 26.4 Å². The van der Waals surface area contributed by atoms with E-state index in [1.165, 1.54) is 0 Å². The molecule has 1 fully saturated rings. The van der Waals surface area contributed by atoms with Crippen LogP contribution in [0.15, 0.2) is 71.2 Å². The first kappa shape index (κ1) is 23.0. The van der Waals surface area contributed by atoms with Crippen LogP contribution in [0.2, 0.25) is 5.02 Å². The van der Waals surface area contributed by atoms with Crippen LogP contribution in [0, 0.1) is 5.92 Å². The molecule has 1 saturated heterocycles. The fraction of sp³-hybridized carbons (Fsp3) is 0.200. The van der Waals surface area contributed by atoms with Gasteiger partial charge in [-0.15, -0.1) is 0 Å². The number of benzene rings is 3. The number of hydrogen-bond donors (Lipinski definition) is 2. The third-order valence-electron chi connectivity index (χ3n) is 6.19. The lowest BCUT2D eigenvalue weighted by molar-refractivity contribution is -0.130. The standard InChI is InChI=1S/C25H21BrClN3O3S/c1-25-20(23(31)28-16-10-8-15(27)9-11-16)21(18-4-3-5-19(32-2)22(18)33-25)29-24(34)30(25)17-12-6-14(26)7-13-17/h3-13,20-21H,1-2H3,(H,28,31)(H,29,34)/t20-,21+,25+/m0/s1. The third kappa shape index (κ3) is 3.79. The molecular formula is C25H21BrClN3O3S. The summed E-state index contributed by atoms with van der Waals surface area (Å²) in [5.41, 5.74) is 1.11. The van der Waals surface area contributed by atoms with Crippen LogP contribution in [0.3, 0.4) is 0 Å². The Morgan fingerprint density at radius 1 is 1.18 bits per heavy atom. The number of nitrogens with zero attached hydrogens (tertiary/aromatic N) is 1. The molecule has 2 heterocycles. The topological polar surface area (TPSA) is 62.8 Å². The summed E-state index contributed by atoms with van der Waals surface area (Å²) in [6.45, 7) is 1.89. The number of methoxy groups -OCH3 is 1. The molecule has 1 amide bonds. The molecule has 2 aliphatic rings. The number of ether oxygens (including phenoxy) is 2. The molecule has 0 aliphatic carbocycles. The molecule has 9 heteroatoms. The van der Waals surface area contributed by atoms with Crippen molar-refractivity contribution in [1.29, 1.82) is 0 Å². The minimum atomic E-state index is -1.14. The lowest BCUT2D eigenvalue weighted by Crippen LogP contribution is -2.72. The van der Waals surface area contributed by atoms with Gasteiger partial charge in [-0.2, -0.15) is 0 Å². The van der Waals surface area contributed by atoms with E-state index in [0.29, 0.717) is 27.3 Å². The Hall–Kier alpha value is -2.81. The minimum Gasteiger partial charge on any atom is -0.493 e. The number of anilines is 2. The zero-order chi connectivity index (χ0) is 24.0. The van der Waals surface area contributed by atoms with Crippen molar-refractivity contribution in [1.82, 2.24) is 5.32 Å². The van der Waals surface area contributed by atoms with E-state index < -0.39 is 17.7 Å². The Morgan fingerprint density at radius 3 is 2.56 bits per heavy atom. The largest absolute Gasteiger partial charge is 0.493 e. The average Bonchev–Trinajstić information content (AvgIpc) is 2.81. The molecule has 0 aromatic heterocycles. The van der Waals surface area contributed by atoms with Crippen LogP contribution in [0.25, 0.3) is 0 Å². The predicted octanol–water partition coefficient (Wildman–Crippen LogP) is 5.91. The van der Waals surface area contributed by atoms with Crippen molar-refractivity contribution >= 4 is 62.1 Å². The van der Waals surface area contributed by atoms with Gasteiger partial charge in [-0.25, -0.2) is 0 Å². The van der Waals surface area contributed by atoms with Gasteiger partial charge in [0.1, 0.15) is 5.92 Å². The SMILES string of the molecule is COc1cccc2c1O[C@]1(C)[C@H](C(=O)Nc3ccc(Cl)cc3)[C@@H]2NC(=S)N1c1ccc(Br)cc1. The highest BCUT2D eigenvalue weighted by molar-refractivity contribution is 9.10. The zero-order valence-electron chi connectivity index (χ0n) is 18.3. The Morgan fingerprint density at radius 2 is 1.88 bits per heavy atom. The Bertz CT molecular complexity index is 1270. The van der Waals surface area contributed by atoms with Crippen LogP contribution >= 0.6 is 39.7 Å². The van der Waals surface area contributed by atoms with E-state index in [4.69, 9.17) is 33.3 Å². The Labute approximate surface area is 216 Å². The lowest BCUT2D eigenvalue weighted by Gasteiger charge is -2.56. The minimum absolute atomic E-state index is 0.208. The molecule has 3 aromatic carbocycles. The molecule has 2 bridgehead atoms. The van der Waals surface area contributed by atoms with Crippen molar-refractivity contribution in [2.24, 2.45) is 5.92 Å². The number of thiocarbonyl (C=S) groups is 1. The second-order valence-electron chi connectivity index (χ2n) is 8.25. The van der Waals surface area contributed by atoms with Crippen LogP contribution in [-0.2, 0) is 4.79 Å². The Balaban J connectivity index is 1.64. The number of hydrogen-bond acceptors (Lipinski definition) is 4. The molecule has 34 heavy (non-hydrogen) atoms. The van der Waals surface area contributed by atoms with E-state index in [1.807, 2.05) is 54.3 Å². The number of rotatable bonds is 4. The van der Waals surface area contributed by atoms with Gasteiger partial charge in [0.05, 0.1) is 13.2 Å². The molecule has 2 aliphatic heterocycles. The van der Waals surface area contributed by atoms with Gasteiger partial charge in [-0.3, -0.25) is 9.69 Å². The number of para-hydroxylation sites is 1.